The Morgan fingerprint density at radius 2 is 2.39 bits per heavy atom. The summed E-state index contributed by atoms with van der Waals surface area (Å²) in [6.45, 7) is 3.96. The van der Waals surface area contributed by atoms with Crippen molar-refractivity contribution in [3.05, 3.63) is 40.1 Å². The number of hydrogen-bond acceptors (Lipinski definition) is 4. The summed E-state index contributed by atoms with van der Waals surface area (Å²) in [6, 6.07) is 0. The van der Waals surface area contributed by atoms with E-state index in [9.17, 15) is 10.1 Å². The zero-order valence-corrected chi connectivity index (χ0v) is 10.6. The standard InChI is InChI=1S/C13H19N2O3/c1-13(7-2-9-14-13)8-10-18-12-5-3-11(4-6-12)15(16)17/h3-5,14H,2,6-10H2,1H3/t13-/m0/s1. The SMILES string of the molecule is C[C@@]1(CCOC2=CC=C([N+](=O)[O-])[CH]C2)CCCN1. The molecule has 0 aromatic carbocycles. The van der Waals surface area contributed by atoms with Crippen molar-refractivity contribution in [1.82, 2.24) is 5.32 Å². The van der Waals surface area contributed by atoms with Crippen LogP contribution in [-0.4, -0.2) is 23.6 Å². The van der Waals surface area contributed by atoms with Gasteiger partial charge in [-0.05, 0) is 38.8 Å². The van der Waals surface area contributed by atoms with Gasteiger partial charge < -0.3 is 10.1 Å². The van der Waals surface area contributed by atoms with Gasteiger partial charge in [0.2, 0.25) is 0 Å². The Bertz CT molecular complexity index is 382. The van der Waals surface area contributed by atoms with Gasteiger partial charge in [0, 0.05) is 18.0 Å². The van der Waals surface area contributed by atoms with Crippen LogP contribution in [0.3, 0.4) is 0 Å². The first-order valence-electron chi connectivity index (χ1n) is 6.35. The summed E-state index contributed by atoms with van der Waals surface area (Å²) < 4.78 is 5.66. The minimum absolute atomic E-state index is 0.145. The highest BCUT2D eigenvalue weighted by molar-refractivity contribution is 5.24. The van der Waals surface area contributed by atoms with E-state index in [0.717, 1.165) is 18.7 Å². The second-order valence-electron chi connectivity index (χ2n) is 5.08. The molecule has 0 unspecified atom stereocenters. The number of ether oxygens (including phenoxy) is 1. The van der Waals surface area contributed by atoms with Crippen LogP contribution in [0.5, 0.6) is 0 Å². The molecule has 0 aromatic heterocycles. The number of nitrogens with one attached hydrogen (secondary N) is 1. The molecular formula is C13H19N2O3. The fraction of sp³-hybridized carbons (Fsp3) is 0.615. The molecule has 1 saturated heterocycles. The summed E-state index contributed by atoms with van der Waals surface area (Å²) in [5.41, 5.74) is 0.340. The summed E-state index contributed by atoms with van der Waals surface area (Å²) >= 11 is 0. The van der Waals surface area contributed by atoms with E-state index in [1.807, 2.05) is 0 Å². The van der Waals surface area contributed by atoms with Crippen LogP contribution < -0.4 is 5.32 Å². The molecule has 0 spiro atoms. The first-order chi connectivity index (χ1) is 8.59. The zero-order valence-electron chi connectivity index (χ0n) is 10.6. The van der Waals surface area contributed by atoms with Gasteiger partial charge in [0.1, 0.15) is 0 Å². The summed E-state index contributed by atoms with van der Waals surface area (Å²) in [7, 11) is 0. The predicted molar refractivity (Wildman–Crippen MR) is 68.3 cm³/mol. The molecule has 0 aromatic rings. The molecule has 1 heterocycles. The molecule has 2 aliphatic rings. The van der Waals surface area contributed by atoms with Gasteiger partial charge in [-0.25, -0.2) is 0 Å². The zero-order chi connectivity index (χ0) is 13.0. The maximum atomic E-state index is 10.5. The Morgan fingerprint density at radius 1 is 1.56 bits per heavy atom. The number of rotatable bonds is 5. The molecule has 18 heavy (non-hydrogen) atoms. The third kappa shape index (κ3) is 3.32. The highest BCUT2D eigenvalue weighted by Crippen LogP contribution is 2.24. The van der Waals surface area contributed by atoms with Gasteiger partial charge in [-0.3, -0.25) is 10.1 Å². The molecule has 1 fully saturated rings. The van der Waals surface area contributed by atoms with Crippen molar-refractivity contribution in [1.29, 1.82) is 0 Å². The van der Waals surface area contributed by atoms with Crippen molar-refractivity contribution in [2.24, 2.45) is 0 Å². The lowest BCUT2D eigenvalue weighted by Crippen LogP contribution is -2.37. The molecule has 0 bridgehead atoms. The Morgan fingerprint density at radius 3 is 2.94 bits per heavy atom. The van der Waals surface area contributed by atoms with Gasteiger partial charge in [0.15, 0.2) is 0 Å². The molecule has 99 valence electrons. The van der Waals surface area contributed by atoms with E-state index in [1.54, 1.807) is 12.5 Å². The summed E-state index contributed by atoms with van der Waals surface area (Å²) in [4.78, 5) is 10.1. The van der Waals surface area contributed by atoms with Gasteiger partial charge in [0.05, 0.1) is 23.7 Å². The van der Waals surface area contributed by atoms with Crippen LogP contribution in [0.1, 0.15) is 32.6 Å². The maximum Gasteiger partial charge on any atom is 0.250 e. The molecule has 0 amide bonds. The van der Waals surface area contributed by atoms with Gasteiger partial charge >= 0.3 is 0 Å². The third-order valence-corrected chi connectivity index (χ3v) is 3.56. The van der Waals surface area contributed by atoms with Gasteiger partial charge in [0.25, 0.3) is 5.70 Å². The molecule has 1 atom stereocenters. The average molecular weight is 251 g/mol. The number of allylic oxidation sites excluding steroid dienone is 4. The van der Waals surface area contributed by atoms with Crippen LogP contribution in [0.25, 0.3) is 0 Å². The average Bonchev–Trinajstić information content (AvgIpc) is 2.77. The van der Waals surface area contributed by atoms with Gasteiger partial charge in [-0.2, -0.15) is 0 Å². The summed E-state index contributed by atoms with van der Waals surface area (Å²) in [6.07, 6.45) is 8.67. The van der Waals surface area contributed by atoms with Crippen molar-refractivity contribution in [2.45, 2.75) is 38.1 Å². The fourth-order valence-corrected chi connectivity index (χ4v) is 2.34. The second-order valence-corrected chi connectivity index (χ2v) is 5.08. The monoisotopic (exact) mass is 251 g/mol. The van der Waals surface area contributed by atoms with Crippen LogP contribution in [0.15, 0.2) is 23.6 Å². The van der Waals surface area contributed by atoms with Gasteiger partial charge in [-0.1, -0.05) is 0 Å². The lowest BCUT2D eigenvalue weighted by molar-refractivity contribution is -0.422. The predicted octanol–water partition coefficient (Wildman–Crippen LogP) is 2.19. The van der Waals surface area contributed by atoms with Crippen molar-refractivity contribution in [2.75, 3.05) is 13.2 Å². The highest BCUT2D eigenvalue weighted by atomic mass is 16.6. The number of nitro groups is 1. The van der Waals surface area contributed by atoms with E-state index in [1.165, 1.54) is 18.9 Å². The van der Waals surface area contributed by atoms with E-state index in [-0.39, 0.29) is 16.2 Å². The largest absolute Gasteiger partial charge is 0.498 e. The lowest BCUT2D eigenvalue weighted by atomic mass is 9.97. The normalized spacial score (nSPS) is 27.6. The van der Waals surface area contributed by atoms with Crippen molar-refractivity contribution >= 4 is 0 Å². The van der Waals surface area contributed by atoms with Crippen molar-refractivity contribution < 1.29 is 9.66 Å². The molecule has 0 saturated carbocycles. The summed E-state index contributed by atoms with van der Waals surface area (Å²) in [5, 5.41) is 14.0. The molecular weight excluding hydrogens is 232 g/mol. The number of nitrogens with zero attached hydrogens (tertiary/aromatic N) is 1. The second kappa shape index (κ2) is 5.52. The van der Waals surface area contributed by atoms with Crippen molar-refractivity contribution in [3.63, 3.8) is 0 Å². The van der Waals surface area contributed by atoms with Crippen LogP contribution in [0.4, 0.5) is 0 Å². The maximum absolute atomic E-state index is 10.5. The van der Waals surface area contributed by atoms with Crippen LogP contribution >= 0.6 is 0 Å². The quantitative estimate of drug-likeness (QED) is 0.601. The van der Waals surface area contributed by atoms with Crippen LogP contribution in [0, 0.1) is 16.5 Å². The van der Waals surface area contributed by atoms with E-state index in [4.69, 9.17) is 4.74 Å². The van der Waals surface area contributed by atoms with E-state index in [0.29, 0.717) is 13.0 Å². The van der Waals surface area contributed by atoms with E-state index in [2.05, 4.69) is 12.2 Å². The van der Waals surface area contributed by atoms with Crippen LogP contribution in [-0.2, 0) is 4.74 Å². The van der Waals surface area contributed by atoms with Gasteiger partial charge in [-0.15, -0.1) is 0 Å². The Labute approximate surface area is 107 Å². The minimum atomic E-state index is -0.378. The van der Waals surface area contributed by atoms with E-state index >= 15 is 0 Å². The third-order valence-electron chi connectivity index (χ3n) is 3.56. The Kier molecular flexibility index (Phi) is 4.01. The van der Waals surface area contributed by atoms with Crippen molar-refractivity contribution in [3.8, 4) is 0 Å². The molecule has 1 N–H and O–H groups in total. The molecule has 5 nitrogen and oxygen atoms in total. The molecule has 1 aliphatic carbocycles. The molecule has 5 heteroatoms. The Balaban J connectivity index is 1.76. The lowest BCUT2D eigenvalue weighted by Gasteiger charge is -2.24. The topological polar surface area (TPSA) is 64.4 Å². The van der Waals surface area contributed by atoms with Crippen LogP contribution in [0.2, 0.25) is 0 Å². The Hall–Kier alpha value is -1.36. The summed E-state index contributed by atoms with van der Waals surface area (Å²) in [5.74, 6) is 0.808. The fourth-order valence-electron chi connectivity index (χ4n) is 2.34. The smallest absolute Gasteiger partial charge is 0.250 e. The van der Waals surface area contributed by atoms with E-state index < -0.39 is 0 Å². The molecule has 1 aliphatic heterocycles. The first kappa shape index (κ1) is 13.1. The molecule has 2 rings (SSSR count). The first-order valence-corrected chi connectivity index (χ1v) is 6.35. The minimum Gasteiger partial charge on any atom is -0.498 e. The highest BCUT2D eigenvalue weighted by Gasteiger charge is 2.27. The number of hydrogen-bond donors (Lipinski definition) is 1. The molecule has 1 radical (unpaired) electrons.